The highest BCUT2D eigenvalue weighted by Crippen LogP contribution is 2.26. The first kappa shape index (κ1) is 15.4. The Morgan fingerprint density at radius 2 is 2.08 bits per heavy atom. The molecule has 128 valence electrons. The molecule has 0 aliphatic carbocycles. The Morgan fingerprint density at radius 3 is 2.79 bits per heavy atom. The molecule has 2 aromatic heterocycles. The molecule has 0 radical (unpaired) electrons. The van der Waals surface area contributed by atoms with Crippen molar-refractivity contribution in [1.82, 2.24) is 24.8 Å². The zero-order chi connectivity index (χ0) is 16.7. The summed E-state index contributed by atoms with van der Waals surface area (Å²) in [6.45, 7) is 4.73. The van der Waals surface area contributed by atoms with Crippen LogP contribution in [0.2, 0.25) is 0 Å². The molecule has 0 bridgehead atoms. The number of amides is 1. The van der Waals surface area contributed by atoms with Crippen molar-refractivity contribution in [2.45, 2.75) is 44.6 Å². The van der Waals surface area contributed by atoms with E-state index in [0.717, 1.165) is 51.0 Å². The molecule has 1 amide bonds. The number of carbonyl (C=O) groups excluding carboxylic acids is 1. The largest absolute Gasteiger partial charge is 0.336 e. The third-order valence-corrected chi connectivity index (χ3v) is 5.34. The second-order valence-corrected chi connectivity index (χ2v) is 6.89. The van der Waals surface area contributed by atoms with Crippen molar-refractivity contribution in [2.24, 2.45) is 0 Å². The van der Waals surface area contributed by atoms with Gasteiger partial charge in [0.1, 0.15) is 11.2 Å². The van der Waals surface area contributed by atoms with Crippen molar-refractivity contribution in [3.63, 3.8) is 0 Å². The van der Waals surface area contributed by atoms with Gasteiger partial charge in [-0.3, -0.25) is 9.59 Å². The summed E-state index contributed by atoms with van der Waals surface area (Å²) >= 11 is 0. The van der Waals surface area contributed by atoms with Gasteiger partial charge in [-0.2, -0.15) is 5.10 Å². The number of aromatic amines is 1. The first-order chi connectivity index (χ1) is 11.6. The number of fused-ring (bicyclic) bond motifs is 1. The molecule has 1 atom stereocenters. The number of rotatable bonds is 2. The minimum absolute atomic E-state index is 0.0342. The third kappa shape index (κ3) is 2.53. The van der Waals surface area contributed by atoms with Gasteiger partial charge in [0.25, 0.3) is 11.5 Å². The minimum atomic E-state index is -0.167. The van der Waals surface area contributed by atoms with E-state index >= 15 is 0 Å². The Bertz CT molecular complexity index is 818. The molecule has 7 heteroatoms. The maximum absolute atomic E-state index is 12.9. The number of aromatic nitrogens is 3. The molecule has 2 fully saturated rings. The number of nitrogens with one attached hydrogen (secondary N) is 2. The van der Waals surface area contributed by atoms with Crippen LogP contribution in [0.1, 0.15) is 54.6 Å². The fourth-order valence-corrected chi connectivity index (χ4v) is 3.97. The zero-order valence-electron chi connectivity index (χ0n) is 13.9. The van der Waals surface area contributed by atoms with Gasteiger partial charge in [-0.1, -0.05) is 0 Å². The topological polar surface area (TPSA) is 82.5 Å². The molecule has 24 heavy (non-hydrogen) atoms. The van der Waals surface area contributed by atoms with Crippen LogP contribution in [-0.2, 0) is 0 Å². The van der Waals surface area contributed by atoms with E-state index in [4.69, 9.17) is 0 Å². The van der Waals surface area contributed by atoms with Crippen LogP contribution in [0.4, 0.5) is 0 Å². The van der Waals surface area contributed by atoms with Crippen molar-refractivity contribution < 1.29 is 4.79 Å². The van der Waals surface area contributed by atoms with E-state index in [0.29, 0.717) is 17.1 Å². The highest BCUT2D eigenvalue weighted by atomic mass is 16.2. The van der Waals surface area contributed by atoms with E-state index in [1.807, 2.05) is 4.90 Å². The molecule has 2 aliphatic rings. The summed E-state index contributed by atoms with van der Waals surface area (Å²) in [6, 6.07) is 1.87. The molecular weight excluding hydrogens is 306 g/mol. The summed E-state index contributed by atoms with van der Waals surface area (Å²) in [4.78, 5) is 29.7. The Balaban J connectivity index is 1.77. The summed E-state index contributed by atoms with van der Waals surface area (Å²) < 4.78 is 1.76. The summed E-state index contributed by atoms with van der Waals surface area (Å²) in [5.41, 5.74) is 1.76. The van der Waals surface area contributed by atoms with Gasteiger partial charge in [0.15, 0.2) is 0 Å². The van der Waals surface area contributed by atoms with E-state index < -0.39 is 0 Å². The fourth-order valence-electron chi connectivity index (χ4n) is 3.97. The Hall–Kier alpha value is -2.15. The summed E-state index contributed by atoms with van der Waals surface area (Å²) in [5, 5.41) is 7.77. The van der Waals surface area contributed by atoms with Gasteiger partial charge in [-0.15, -0.1) is 0 Å². The van der Waals surface area contributed by atoms with Crippen LogP contribution in [0.15, 0.2) is 17.1 Å². The van der Waals surface area contributed by atoms with Crippen molar-refractivity contribution in [1.29, 1.82) is 0 Å². The number of piperidine rings is 1. The quantitative estimate of drug-likeness (QED) is 0.865. The Labute approximate surface area is 140 Å². The lowest BCUT2D eigenvalue weighted by molar-refractivity contribution is 0.0749. The van der Waals surface area contributed by atoms with Crippen molar-refractivity contribution >= 4 is 11.6 Å². The number of carbonyl (C=O) groups is 1. The average Bonchev–Trinajstić information content (AvgIpc) is 3.20. The predicted molar refractivity (Wildman–Crippen MR) is 90.4 cm³/mol. The van der Waals surface area contributed by atoms with Crippen molar-refractivity contribution in [3.8, 4) is 0 Å². The number of hydrogen-bond donors (Lipinski definition) is 2. The van der Waals surface area contributed by atoms with Gasteiger partial charge in [0, 0.05) is 24.6 Å². The van der Waals surface area contributed by atoms with Crippen LogP contribution in [0.25, 0.3) is 5.65 Å². The van der Waals surface area contributed by atoms with Gasteiger partial charge in [-0.05, 0) is 45.7 Å². The van der Waals surface area contributed by atoms with Crippen LogP contribution in [0, 0.1) is 0 Å². The maximum Gasteiger partial charge on any atom is 0.259 e. The van der Waals surface area contributed by atoms with Gasteiger partial charge in [0.2, 0.25) is 0 Å². The molecule has 2 saturated heterocycles. The summed E-state index contributed by atoms with van der Waals surface area (Å²) in [7, 11) is 0. The third-order valence-electron chi connectivity index (χ3n) is 5.34. The molecular formula is C17H23N5O2. The lowest BCUT2D eigenvalue weighted by Gasteiger charge is -2.23. The number of likely N-dealkylation sites (tertiary alicyclic amines) is 1. The molecule has 2 aliphatic heterocycles. The smallest absolute Gasteiger partial charge is 0.259 e. The van der Waals surface area contributed by atoms with Crippen LogP contribution < -0.4 is 10.9 Å². The number of hydrogen-bond acceptors (Lipinski definition) is 4. The second-order valence-electron chi connectivity index (χ2n) is 6.89. The van der Waals surface area contributed by atoms with E-state index in [-0.39, 0.29) is 17.5 Å². The Kier molecular flexibility index (Phi) is 3.88. The SMILES string of the molecule is CC1CCCN1C(=O)c1cnn2c(C3CCNCC3)cc(=O)[nH]c12. The van der Waals surface area contributed by atoms with Crippen LogP contribution in [0.3, 0.4) is 0 Å². The number of nitrogens with zero attached hydrogens (tertiary/aromatic N) is 3. The average molecular weight is 329 g/mol. The lowest BCUT2D eigenvalue weighted by Crippen LogP contribution is -2.33. The molecule has 2 aromatic rings. The molecule has 4 heterocycles. The predicted octanol–water partition coefficient (Wildman–Crippen LogP) is 1.11. The van der Waals surface area contributed by atoms with Gasteiger partial charge in [-0.25, -0.2) is 4.52 Å². The lowest BCUT2D eigenvalue weighted by atomic mass is 9.94. The molecule has 0 spiro atoms. The standard InChI is InChI=1S/C17H23N5O2/c1-11-3-2-8-21(11)17(24)13-10-19-22-14(9-15(23)20-16(13)22)12-4-6-18-7-5-12/h9-12,18H,2-8H2,1H3,(H,20,23). The molecule has 7 nitrogen and oxygen atoms in total. The van der Waals surface area contributed by atoms with E-state index in [9.17, 15) is 9.59 Å². The van der Waals surface area contributed by atoms with E-state index in [1.54, 1.807) is 16.8 Å². The molecule has 0 saturated carbocycles. The fraction of sp³-hybridized carbons (Fsp3) is 0.588. The van der Waals surface area contributed by atoms with Crippen LogP contribution in [0.5, 0.6) is 0 Å². The van der Waals surface area contributed by atoms with Crippen LogP contribution in [-0.4, -0.2) is 51.1 Å². The molecule has 2 N–H and O–H groups in total. The molecule has 1 unspecified atom stereocenters. The van der Waals surface area contributed by atoms with Crippen molar-refractivity contribution in [2.75, 3.05) is 19.6 Å². The molecule has 0 aromatic carbocycles. The van der Waals surface area contributed by atoms with Gasteiger partial charge < -0.3 is 15.2 Å². The highest BCUT2D eigenvalue weighted by molar-refractivity contribution is 5.99. The summed E-state index contributed by atoms with van der Waals surface area (Å²) in [5.74, 6) is 0.262. The zero-order valence-corrected chi connectivity index (χ0v) is 13.9. The minimum Gasteiger partial charge on any atom is -0.336 e. The first-order valence-electron chi connectivity index (χ1n) is 8.78. The first-order valence-corrected chi connectivity index (χ1v) is 8.78. The van der Waals surface area contributed by atoms with Crippen LogP contribution >= 0.6 is 0 Å². The number of H-pyrrole nitrogens is 1. The molecule has 4 rings (SSSR count). The monoisotopic (exact) mass is 329 g/mol. The van der Waals surface area contributed by atoms with E-state index in [1.165, 1.54) is 0 Å². The summed E-state index contributed by atoms with van der Waals surface area (Å²) in [6.07, 6.45) is 5.61. The normalized spacial score (nSPS) is 22.4. The van der Waals surface area contributed by atoms with Crippen molar-refractivity contribution in [3.05, 3.63) is 33.9 Å². The van der Waals surface area contributed by atoms with E-state index in [2.05, 4.69) is 22.3 Å². The second kappa shape index (κ2) is 6.05. The maximum atomic E-state index is 12.9. The highest BCUT2D eigenvalue weighted by Gasteiger charge is 2.29. The van der Waals surface area contributed by atoms with Gasteiger partial charge >= 0.3 is 0 Å². The Morgan fingerprint density at radius 1 is 1.29 bits per heavy atom. The van der Waals surface area contributed by atoms with Gasteiger partial charge in [0.05, 0.1) is 11.9 Å².